The summed E-state index contributed by atoms with van der Waals surface area (Å²) in [6.07, 6.45) is 6.14. The van der Waals surface area contributed by atoms with Gasteiger partial charge in [0.05, 0.1) is 0 Å². The molecule has 2 unspecified atom stereocenters. The molecule has 0 heterocycles. The van der Waals surface area contributed by atoms with E-state index in [1.165, 1.54) is 11.1 Å². The highest BCUT2D eigenvalue weighted by molar-refractivity contribution is 5.83. The van der Waals surface area contributed by atoms with Gasteiger partial charge in [0.15, 0.2) is 0 Å². The highest BCUT2D eigenvalue weighted by Gasteiger charge is 2.30. The highest BCUT2D eigenvalue weighted by Crippen LogP contribution is 2.33. The monoisotopic (exact) mass is 301 g/mol. The van der Waals surface area contributed by atoms with E-state index in [4.69, 9.17) is 0 Å². The summed E-state index contributed by atoms with van der Waals surface area (Å²) in [7, 11) is 0. The molecule has 1 saturated carbocycles. The minimum Gasteiger partial charge on any atom is -0.480 e. The molecule has 0 saturated heterocycles. The van der Waals surface area contributed by atoms with E-state index >= 15 is 0 Å². The summed E-state index contributed by atoms with van der Waals surface area (Å²) in [6, 6.07) is 7.67. The summed E-state index contributed by atoms with van der Waals surface area (Å²) < 4.78 is 0. The number of rotatable bonds is 6. The van der Waals surface area contributed by atoms with Crippen LogP contribution in [0.3, 0.4) is 0 Å². The maximum absolute atomic E-state index is 12.2. The van der Waals surface area contributed by atoms with E-state index in [2.05, 4.69) is 23.5 Å². The van der Waals surface area contributed by atoms with Crippen LogP contribution in [0.5, 0.6) is 0 Å². The van der Waals surface area contributed by atoms with E-state index in [0.717, 1.165) is 32.1 Å². The molecule has 0 bridgehead atoms. The molecule has 0 radical (unpaired) electrons. The van der Waals surface area contributed by atoms with Crippen molar-refractivity contribution in [1.29, 1.82) is 0 Å². The lowest BCUT2D eigenvalue weighted by molar-refractivity contribution is -0.142. The molecule has 3 rings (SSSR count). The Kier molecular flexibility index (Phi) is 4.46. The van der Waals surface area contributed by atoms with E-state index in [9.17, 15) is 14.7 Å². The summed E-state index contributed by atoms with van der Waals surface area (Å²) in [5.41, 5.74) is 2.72. The molecule has 2 N–H and O–H groups in total. The van der Waals surface area contributed by atoms with Crippen molar-refractivity contribution in [1.82, 2.24) is 5.32 Å². The van der Waals surface area contributed by atoms with Gasteiger partial charge in [0.2, 0.25) is 5.91 Å². The number of nitrogens with one attached hydrogen (secondary N) is 1. The van der Waals surface area contributed by atoms with E-state index in [1.54, 1.807) is 0 Å². The summed E-state index contributed by atoms with van der Waals surface area (Å²) in [5, 5.41) is 11.9. The lowest BCUT2D eigenvalue weighted by Crippen LogP contribution is -2.42. The van der Waals surface area contributed by atoms with Crippen molar-refractivity contribution in [2.24, 2.45) is 11.8 Å². The zero-order valence-electron chi connectivity index (χ0n) is 12.8. The molecule has 2 aliphatic rings. The van der Waals surface area contributed by atoms with Gasteiger partial charge in [-0.1, -0.05) is 37.1 Å². The second kappa shape index (κ2) is 6.51. The standard InChI is InChI=1S/C18H23NO3/c20-17(19-16(18(21)22)10-12-5-6-12)11-13-7-8-14-3-1-2-4-15(14)9-13/h1-4,12-13,16H,5-11H2,(H,19,20)(H,21,22). The first kappa shape index (κ1) is 15.1. The fourth-order valence-electron chi connectivity index (χ4n) is 3.37. The summed E-state index contributed by atoms with van der Waals surface area (Å²) >= 11 is 0. The van der Waals surface area contributed by atoms with Crippen LogP contribution < -0.4 is 5.32 Å². The Balaban J connectivity index is 1.52. The van der Waals surface area contributed by atoms with Crippen LogP contribution in [0.1, 0.15) is 43.2 Å². The Bertz CT molecular complexity index is 565. The van der Waals surface area contributed by atoms with Crippen molar-refractivity contribution in [3.05, 3.63) is 35.4 Å². The normalized spacial score (nSPS) is 21.7. The highest BCUT2D eigenvalue weighted by atomic mass is 16.4. The van der Waals surface area contributed by atoms with Crippen LogP contribution >= 0.6 is 0 Å². The molecule has 2 aliphatic carbocycles. The van der Waals surface area contributed by atoms with Gasteiger partial charge in [0.1, 0.15) is 6.04 Å². The van der Waals surface area contributed by atoms with Gasteiger partial charge in [-0.25, -0.2) is 4.79 Å². The zero-order valence-corrected chi connectivity index (χ0v) is 12.8. The number of carbonyl (C=O) groups is 2. The first-order valence-electron chi connectivity index (χ1n) is 8.20. The molecule has 1 fully saturated rings. The molecule has 0 aromatic heterocycles. The van der Waals surface area contributed by atoms with Gasteiger partial charge in [-0.15, -0.1) is 0 Å². The Morgan fingerprint density at radius 2 is 1.86 bits per heavy atom. The average Bonchev–Trinajstić information content (AvgIpc) is 3.30. The summed E-state index contributed by atoms with van der Waals surface area (Å²) in [6.45, 7) is 0. The Labute approximate surface area is 130 Å². The molecule has 4 nitrogen and oxygen atoms in total. The smallest absolute Gasteiger partial charge is 0.326 e. The number of aliphatic carboxylic acids is 1. The lowest BCUT2D eigenvalue weighted by Gasteiger charge is -2.24. The van der Waals surface area contributed by atoms with Gasteiger partial charge in [-0.3, -0.25) is 4.79 Å². The van der Waals surface area contributed by atoms with Gasteiger partial charge in [-0.2, -0.15) is 0 Å². The van der Waals surface area contributed by atoms with Crippen molar-refractivity contribution in [3.8, 4) is 0 Å². The third kappa shape index (κ3) is 3.87. The number of fused-ring (bicyclic) bond motifs is 1. The topological polar surface area (TPSA) is 66.4 Å². The molecule has 2 atom stereocenters. The van der Waals surface area contributed by atoms with Gasteiger partial charge < -0.3 is 10.4 Å². The number of aryl methyl sites for hydroxylation is 1. The van der Waals surface area contributed by atoms with Crippen LogP contribution in [-0.2, 0) is 22.4 Å². The second-order valence-electron chi connectivity index (χ2n) is 6.72. The molecule has 4 heteroatoms. The lowest BCUT2D eigenvalue weighted by atomic mass is 9.82. The Morgan fingerprint density at radius 1 is 1.14 bits per heavy atom. The number of hydrogen-bond acceptors (Lipinski definition) is 2. The average molecular weight is 301 g/mol. The van der Waals surface area contributed by atoms with Crippen LogP contribution in [0.15, 0.2) is 24.3 Å². The molecular formula is C18H23NO3. The molecule has 1 amide bonds. The molecule has 118 valence electrons. The molecule has 1 aromatic rings. The number of benzene rings is 1. The third-order valence-electron chi connectivity index (χ3n) is 4.82. The van der Waals surface area contributed by atoms with Crippen molar-refractivity contribution >= 4 is 11.9 Å². The molecule has 22 heavy (non-hydrogen) atoms. The Morgan fingerprint density at radius 3 is 2.55 bits per heavy atom. The number of carboxylic acid groups (broad SMARTS) is 1. The molecule has 1 aromatic carbocycles. The maximum atomic E-state index is 12.2. The fourth-order valence-corrected chi connectivity index (χ4v) is 3.37. The SMILES string of the molecule is O=C(CC1CCc2ccccc2C1)NC(CC1CC1)C(=O)O. The van der Waals surface area contributed by atoms with Crippen LogP contribution in [-0.4, -0.2) is 23.0 Å². The summed E-state index contributed by atoms with van der Waals surface area (Å²) in [5.74, 6) is -0.208. The van der Waals surface area contributed by atoms with Crippen LogP contribution in [0.25, 0.3) is 0 Å². The van der Waals surface area contributed by atoms with Crippen molar-refractivity contribution in [2.45, 2.75) is 51.0 Å². The second-order valence-corrected chi connectivity index (χ2v) is 6.72. The minimum absolute atomic E-state index is 0.113. The number of carbonyl (C=O) groups excluding carboxylic acids is 1. The van der Waals surface area contributed by atoms with Crippen LogP contribution in [0, 0.1) is 11.8 Å². The molecular weight excluding hydrogens is 278 g/mol. The fraction of sp³-hybridized carbons (Fsp3) is 0.556. The minimum atomic E-state index is -0.908. The van der Waals surface area contributed by atoms with E-state index in [-0.39, 0.29) is 5.91 Å². The quantitative estimate of drug-likeness (QED) is 0.848. The van der Waals surface area contributed by atoms with Crippen LogP contribution in [0.2, 0.25) is 0 Å². The summed E-state index contributed by atoms with van der Waals surface area (Å²) in [4.78, 5) is 23.4. The number of amides is 1. The van der Waals surface area contributed by atoms with Crippen molar-refractivity contribution in [3.63, 3.8) is 0 Å². The number of hydrogen-bond donors (Lipinski definition) is 2. The van der Waals surface area contributed by atoms with E-state index < -0.39 is 12.0 Å². The van der Waals surface area contributed by atoms with Gasteiger partial charge in [0.25, 0.3) is 0 Å². The van der Waals surface area contributed by atoms with Gasteiger partial charge >= 0.3 is 5.97 Å². The predicted molar refractivity (Wildman–Crippen MR) is 83.5 cm³/mol. The van der Waals surface area contributed by atoms with Gasteiger partial charge in [-0.05, 0) is 48.6 Å². The molecule has 0 spiro atoms. The number of carboxylic acids is 1. The first-order valence-corrected chi connectivity index (χ1v) is 8.20. The largest absolute Gasteiger partial charge is 0.480 e. The van der Waals surface area contributed by atoms with Crippen molar-refractivity contribution in [2.75, 3.05) is 0 Å². The zero-order chi connectivity index (χ0) is 15.5. The van der Waals surface area contributed by atoms with Crippen molar-refractivity contribution < 1.29 is 14.7 Å². The third-order valence-corrected chi connectivity index (χ3v) is 4.82. The maximum Gasteiger partial charge on any atom is 0.326 e. The van der Waals surface area contributed by atoms with Gasteiger partial charge in [0, 0.05) is 6.42 Å². The molecule has 0 aliphatic heterocycles. The Hall–Kier alpha value is -1.84. The predicted octanol–water partition coefficient (Wildman–Crippen LogP) is 2.55. The van der Waals surface area contributed by atoms with Crippen LogP contribution in [0.4, 0.5) is 0 Å². The first-order chi connectivity index (χ1) is 10.6. The van der Waals surface area contributed by atoms with E-state index in [1.807, 2.05) is 6.07 Å². The van der Waals surface area contributed by atoms with E-state index in [0.29, 0.717) is 24.7 Å².